The molecule has 0 bridgehead atoms. The van der Waals surface area contributed by atoms with Gasteiger partial charge in [-0.05, 0) is 49.4 Å². The number of carbonyl (C=O) groups is 1. The second-order valence-electron chi connectivity index (χ2n) is 5.88. The summed E-state index contributed by atoms with van der Waals surface area (Å²) in [6.07, 6.45) is 3.58. The third-order valence-corrected chi connectivity index (χ3v) is 3.90. The fourth-order valence-electron chi connectivity index (χ4n) is 2.57. The molecule has 0 aliphatic heterocycles. The molecule has 1 heterocycles. The third kappa shape index (κ3) is 4.98. The number of carbonyl (C=O) groups excluding carboxylic acids is 1. The lowest BCUT2D eigenvalue weighted by Gasteiger charge is -2.05. The van der Waals surface area contributed by atoms with E-state index in [0.717, 1.165) is 22.7 Å². The zero-order valence-electron chi connectivity index (χ0n) is 15.3. The molecule has 0 unspecified atom stereocenters. The average molecular weight is 363 g/mol. The number of amides is 1. The van der Waals surface area contributed by atoms with Crippen LogP contribution in [-0.2, 0) is 4.79 Å². The van der Waals surface area contributed by atoms with Crippen molar-refractivity contribution in [2.75, 3.05) is 13.7 Å². The molecule has 27 heavy (non-hydrogen) atoms. The first-order valence-electron chi connectivity index (χ1n) is 8.49. The standard InChI is InChI=1S/C21H21N3O3/c1-16-12-17(14-24(16)18-6-4-3-5-7-18)13-22-23-21(25)15-27-20-10-8-19(26-2)9-11-20/h3-14H,15H2,1-2H3,(H,23,25)/b22-13+. The Morgan fingerprint density at radius 2 is 1.81 bits per heavy atom. The van der Waals surface area contributed by atoms with Gasteiger partial charge in [-0.25, -0.2) is 5.43 Å². The van der Waals surface area contributed by atoms with Crippen LogP contribution in [0.4, 0.5) is 0 Å². The van der Waals surface area contributed by atoms with Gasteiger partial charge in [0.1, 0.15) is 11.5 Å². The normalized spacial score (nSPS) is 10.7. The first kappa shape index (κ1) is 18.3. The van der Waals surface area contributed by atoms with Crippen LogP contribution in [0.2, 0.25) is 0 Å². The van der Waals surface area contributed by atoms with E-state index in [1.165, 1.54) is 0 Å². The first-order chi connectivity index (χ1) is 13.2. The average Bonchev–Trinajstić information content (AvgIpc) is 3.08. The van der Waals surface area contributed by atoms with Crippen LogP contribution in [0.25, 0.3) is 5.69 Å². The Balaban J connectivity index is 1.52. The lowest BCUT2D eigenvalue weighted by atomic mass is 10.3. The van der Waals surface area contributed by atoms with Gasteiger partial charge in [0.15, 0.2) is 6.61 Å². The monoisotopic (exact) mass is 363 g/mol. The summed E-state index contributed by atoms with van der Waals surface area (Å²) in [6, 6.07) is 19.0. The van der Waals surface area contributed by atoms with Crippen molar-refractivity contribution in [2.24, 2.45) is 5.10 Å². The fourth-order valence-corrected chi connectivity index (χ4v) is 2.57. The number of hydrogen-bond acceptors (Lipinski definition) is 4. The molecule has 0 atom stereocenters. The molecule has 0 radical (unpaired) electrons. The van der Waals surface area contributed by atoms with E-state index in [-0.39, 0.29) is 12.5 Å². The fraction of sp³-hybridized carbons (Fsp3) is 0.143. The van der Waals surface area contributed by atoms with Crippen molar-refractivity contribution in [3.8, 4) is 17.2 Å². The molecule has 6 nitrogen and oxygen atoms in total. The zero-order valence-corrected chi connectivity index (χ0v) is 15.3. The number of para-hydroxylation sites is 1. The maximum absolute atomic E-state index is 11.8. The van der Waals surface area contributed by atoms with E-state index in [2.05, 4.69) is 15.1 Å². The molecule has 0 fully saturated rings. The lowest BCUT2D eigenvalue weighted by Crippen LogP contribution is -2.24. The van der Waals surface area contributed by atoms with Gasteiger partial charge in [-0.2, -0.15) is 5.10 Å². The van der Waals surface area contributed by atoms with E-state index in [4.69, 9.17) is 9.47 Å². The van der Waals surface area contributed by atoms with Gasteiger partial charge in [0.05, 0.1) is 13.3 Å². The minimum atomic E-state index is -0.332. The van der Waals surface area contributed by atoms with Crippen LogP contribution in [0, 0.1) is 6.92 Å². The summed E-state index contributed by atoms with van der Waals surface area (Å²) in [7, 11) is 1.59. The Hall–Kier alpha value is -3.54. The van der Waals surface area contributed by atoms with Crippen molar-refractivity contribution in [2.45, 2.75) is 6.92 Å². The van der Waals surface area contributed by atoms with E-state index in [1.54, 1.807) is 37.6 Å². The minimum absolute atomic E-state index is 0.117. The molecule has 1 N–H and O–H groups in total. The van der Waals surface area contributed by atoms with E-state index in [9.17, 15) is 4.79 Å². The molecule has 1 amide bonds. The number of methoxy groups -OCH3 is 1. The number of ether oxygens (including phenoxy) is 2. The SMILES string of the molecule is COc1ccc(OCC(=O)N/N=C/c2cc(C)n(-c3ccccc3)c2)cc1. The third-order valence-electron chi connectivity index (χ3n) is 3.90. The molecular weight excluding hydrogens is 342 g/mol. The molecular formula is C21H21N3O3. The quantitative estimate of drug-likeness (QED) is 0.517. The summed E-state index contributed by atoms with van der Waals surface area (Å²) < 4.78 is 12.5. The first-order valence-corrected chi connectivity index (χ1v) is 8.49. The van der Waals surface area contributed by atoms with Crippen molar-refractivity contribution in [3.63, 3.8) is 0 Å². The number of rotatable bonds is 7. The predicted molar refractivity (Wildman–Crippen MR) is 105 cm³/mol. The summed E-state index contributed by atoms with van der Waals surface area (Å²) in [6.45, 7) is 1.90. The summed E-state index contributed by atoms with van der Waals surface area (Å²) in [5, 5.41) is 3.99. The van der Waals surface area contributed by atoms with Gasteiger partial charge >= 0.3 is 0 Å². The smallest absolute Gasteiger partial charge is 0.277 e. The summed E-state index contributed by atoms with van der Waals surface area (Å²) >= 11 is 0. The van der Waals surface area contributed by atoms with Crippen LogP contribution in [-0.4, -0.2) is 30.4 Å². The molecule has 6 heteroatoms. The predicted octanol–water partition coefficient (Wildman–Crippen LogP) is 3.32. The minimum Gasteiger partial charge on any atom is -0.497 e. The van der Waals surface area contributed by atoms with Gasteiger partial charge in [0.25, 0.3) is 5.91 Å². The Kier molecular flexibility index (Phi) is 5.89. The van der Waals surface area contributed by atoms with Crippen LogP contribution in [0.1, 0.15) is 11.3 Å². The number of aryl methyl sites for hydroxylation is 1. The van der Waals surface area contributed by atoms with Crippen molar-refractivity contribution in [3.05, 3.63) is 78.1 Å². The number of hydrogen-bond donors (Lipinski definition) is 1. The van der Waals surface area contributed by atoms with Crippen molar-refractivity contribution < 1.29 is 14.3 Å². The van der Waals surface area contributed by atoms with Crippen molar-refractivity contribution >= 4 is 12.1 Å². The van der Waals surface area contributed by atoms with Gasteiger partial charge in [-0.15, -0.1) is 0 Å². The molecule has 3 rings (SSSR count). The Labute approximate surface area is 158 Å². The van der Waals surface area contributed by atoms with Crippen molar-refractivity contribution in [1.29, 1.82) is 0 Å². The van der Waals surface area contributed by atoms with Crippen LogP contribution < -0.4 is 14.9 Å². The summed E-state index contributed by atoms with van der Waals surface area (Å²) in [4.78, 5) is 11.8. The highest BCUT2D eigenvalue weighted by molar-refractivity contribution is 5.83. The highest BCUT2D eigenvalue weighted by atomic mass is 16.5. The van der Waals surface area contributed by atoms with E-state index in [1.807, 2.05) is 49.5 Å². The van der Waals surface area contributed by atoms with Gasteiger partial charge in [0, 0.05) is 23.1 Å². The topological polar surface area (TPSA) is 64.8 Å². The number of nitrogens with zero attached hydrogens (tertiary/aromatic N) is 2. The second-order valence-corrected chi connectivity index (χ2v) is 5.88. The lowest BCUT2D eigenvalue weighted by molar-refractivity contribution is -0.123. The number of benzene rings is 2. The number of nitrogens with one attached hydrogen (secondary N) is 1. The molecule has 0 saturated carbocycles. The Morgan fingerprint density at radius 1 is 1.11 bits per heavy atom. The van der Waals surface area contributed by atoms with E-state index in [0.29, 0.717) is 5.75 Å². The van der Waals surface area contributed by atoms with Crippen molar-refractivity contribution in [1.82, 2.24) is 9.99 Å². The molecule has 0 aliphatic carbocycles. The van der Waals surface area contributed by atoms with E-state index < -0.39 is 0 Å². The number of aromatic nitrogens is 1. The molecule has 0 spiro atoms. The maximum atomic E-state index is 11.8. The Bertz CT molecular complexity index is 916. The van der Waals surface area contributed by atoms with Gasteiger partial charge in [-0.3, -0.25) is 4.79 Å². The summed E-state index contributed by atoms with van der Waals surface area (Å²) in [5.74, 6) is 0.987. The summed E-state index contributed by atoms with van der Waals surface area (Å²) in [5.41, 5.74) is 5.52. The zero-order chi connectivity index (χ0) is 19.1. The van der Waals surface area contributed by atoms with Gasteiger partial charge < -0.3 is 14.0 Å². The molecule has 1 aromatic heterocycles. The van der Waals surface area contributed by atoms with Crippen LogP contribution in [0.3, 0.4) is 0 Å². The molecule has 2 aromatic carbocycles. The molecule has 0 aliphatic rings. The van der Waals surface area contributed by atoms with Crippen LogP contribution in [0.5, 0.6) is 11.5 Å². The van der Waals surface area contributed by atoms with E-state index >= 15 is 0 Å². The van der Waals surface area contributed by atoms with Crippen LogP contribution >= 0.6 is 0 Å². The molecule has 3 aromatic rings. The highest BCUT2D eigenvalue weighted by Crippen LogP contribution is 2.17. The highest BCUT2D eigenvalue weighted by Gasteiger charge is 2.04. The molecule has 0 saturated heterocycles. The van der Waals surface area contributed by atoms with Gasteiger partial charge in [-0.1, -0.05) is 18.2 Å². The largest absolute Gasteiger partial charge is 0.497 e. The Morgan fingerprint density at radius 3 is 2.52 bits per heavy atom. The molecule has 138 valence electrons. The van der Waals surface area contributed by atoms with Gasteiger partial charge in [0.2, 0.25) is 0 Å². The maximum Gasteiger partial charge on any atom is 0.277 e. The second kappa shape index (κ2) is 8.71. The van der Waals surface area contributed by atoms with Crippen LogP contribution in [0.15, 0.2) is 72.0 Å². The number of hydrazone groups is 1.